The molecule has 1 aliphatic heterocycles. The first kappa shape index (κ1) is 15.4. The molecule has 1 fully saturated rings. The van der Waals surface area contributed by atoms with Crippen LogP contribution in [-0.2, 0) is 9.53 Å². The van der Waals surface area contributed by atoms with Crippen LogP contribution < -0.4 is 10.6 Å². The van der Waals surface area contributed by atoms with Gasteiger partial charge in [0.25, 0.3) is 0 Å². The molecule has 0 aromatic heterocycles. The standard InChI is InChI=1S/C15H22N2O2S/c1-12(20-14-5-3-2-4-6-14)10-17-15(18)9-13-11-19-8-7-16-13/h2-6,12-13,16H,7-11H2,1H3,(H,17,18). The van der Waals surface area contributed by atoms with Gasteiger partial charge in [-0.25, -0.2) is 0 Å². The maximum absolute atomic E-state index is 11.9. The molecule has 0 radical (unpaired) electrons. The van der Waals surface area contributed by atoms with Crippen LogP contribution in [-0.4, -0.2) is 43.5 Å². The Morgan fingerprint density at radius 1 is 1.50 bits per heavy atom. The summed E-state index contributed by atoms with van der Waals surface area (Å²) in [7, 11) is 0. The van der Waals surface area contributed by atoms with Gasteiger partial charge in [-0.15, -0.1) is 11.8 Å². The molecule has 2 rings (SSSR count). The normalized spacial score (nSPS) is 20.4. The minimum absolute atomic E-state index is 0.0912. The molecule has 5 heteroatoms. The van der Waals surface area contributed by atoms with Gasteiger partial charge in [0.05, 0.1) is 13.2 Å². The number of carbonyl (C=O) groups excluding carboxylic acids is 1. The Hall–Kier alpha value is -1.04. The lowest BCUT2D eigenvalue weighted by molar-refractivity contribution is -0.122. The second-order valence-electron chi connectivity index (χ2n) is 4.98. The van der Waals surface area contributed by atoms with Crippen LogP contribution in [0.25, 0.3) is 0 Å². The third-order valence-corrected chi connectivity index (χ3v) is 4.21. The largest absolute Gasteiger partial charge is 0.378 e. The molecule has 2 N–H and O–H groups in total. The van der Waals surface area contributed by atoms with Gasteiger partial charge in [0.2, 0.25) is 5.91 Å². The number of nitrogens with one attached hydrogen (secondary N) is 2. The Morgan fingerprint density at radius 2 is 2.30 bits per heavy atom. The summed E-state index contributed by atoms with van der Waals surface area (Å²) in [5, 5.41) is 6.64. The van der Waals surface area contributed by atoms with Crippen LogP contribution in [0.15, 0.2) is 35.2 Å². The molecular weight excluding hydrogens is 272 g/mol. The highest BCUT2D eigenvalue weighted by Gasteiger charge is 2.17. The summed E-state index contributed by atoms with van der Waals surface area (Å²) in [4.78, 5) is 13.1. The molecule has 4 nitrogen and oxygen atoms in total. The topological polar surface area (TPSA) is 50.4 Å². The zero-order chi connectivity index (χ0) is 14.2. The first-order valence-corrected chi connectivity index (χ1v) is 7.91. The molecule has 0 aliphatic carbocycles. The Labute approximate surface area is 124 Å². The molecule has 1 saturated heterocycles. The molecule has 2 atom stereocenters. The van der Waals surface area contributed by atoms with Crippen molar-refractivity contribution in [1.82, 2.24) is 10.6 Å². The Bertz CT molecular complexity index is 408. The molecular formula is C15H22N2O2S. The van der Waals surface area contributed by atoms with Gasteiger partial charge in [-0.1, -0.05) is 25.1 Å². The smallest absolute Gasteiger partial charge is 0.221 e. The molecule has 110 valence electrons. The predicted molar refractivity (Wildman–Crippen MR) is 82.0 cm³/mol. The summed E-state index contributed by atoms with van der Waals surface area (Å²) < 4.78 is 5.34. The number of hydrogen-bond acceptors (Lipinski definition) is 4. The lowest BCUT2D eigenvalue weighted by Gasteiger charge is -2.23. The van der Waals surface area contributed by atoms with E-state index in [4.69, 9.17) is 4.74 Å². The predicted octanol–water partition coefficient (Wildman–Crippen LogP) is 1.66. The van der Waals surface area contributed by atoms with E-state index in [0.717, 1.165) is 13.2 Å². The number of amides is 1. The van der Waals surface area contributed by atoms with Crippen molar-refractivity contribution in [2.45, 2.75) is 29.5 Å². The van der Waals surface area contributed by atoms with Crippen LogP contribution >= 0.6 is 11.8 Å². The molecule has 1 aromatic carbocycles. The summed E-state index contributed by atoms with van der Waals surface area (Å²) in [6, 6.07) is 10.4. The van der Waals surface area contributed by atoms with E-state index in [-0.39, 0.29) is 11.9 Å². The lowest BCUT2D eigenvalue weighted by Crippen LogP contribution is -2.44. The van der Waals surface area contributed by atoms with Gasteiger partial charge in [0.15, 0.2) is 0 Å². The molecule has 0 spiro atoms. The van der Waals surface area contributed by atoms with E-state index in [0.29, 0.717) is 24.8 Å². The SMILES string of the molecule is CC(CNC(=O)CC1COCCN1)Sc1ccccc1. The van der Waals surface area contributed by atoms with E-state index in [2.05, 4.69) is 29.7 Å². The summed E-state index contributed by atoms with van der Waals surface area (Å²) in [6.07, 6.45) is 0.489. The van der Waals surface area contributed by atoms with E-state index in [9.17, 15) is 4.79 Å². The van der Waals surface area contributed by atoms with Crippen LogP contribution in [0, 0.1) is 0 Å². The maximum atomic E-state index is 11.9. The highest BCUT2D eigenvalue weighted by molar-refractivity contribution is 8.00. The summed E-state index contributed by atoms with van der Waals surface area (Å²) in [6.45, 7) is 5.01. The Balaban J connectivity index is 1.64. The zero-order valence-corrected chi connectivity index (χ0v) is 12.6. The molecule has 20 heavy (non-hydrogen) atoms. The Kier molecular flexibility index (Phi) is 6.36. The molecule has 1 amide bonds. The van der Waals surface area contributed by atoms with Crippen molar-refractivity contribution in [2.24, 2.45) is 0 Å². The van der Waals surface area contributed by atoms with Crippen molar-refractivity contribution in [3.8, 4) is 0 Å². The van der Waals surface area contributed by atoms with Crippen LogP contribution in [0.1, 0.15) is 13.3 Å². The second-order valence-corrected chi connectivity index (χ2v) is 6.49. The van der Waals surface area contributed by atoms with Crippen molar-refractivity contribution in [3.05, 3.63) is 30.3 Å². The van der Waals surface area contributed by atoms with Gasteiger partial charge in [0, 0.05) is 35.7 Å². The number of benzene rings is 1. The molecule has 1 aliphatic rings. The monoisotopic (exact) mass is 294 g/mol. The molecule has 0 bridgehead atoms. The molecule has 0 saturated carbocycles. The number of thioether (sulfide) groups is 1. The van der Waals surface area contributed by atoms with Crippen molar-refractivity contribution < 1.29 is 9.53 Å². The number of morpholine rings is 1. The van der Waals surface area contributed by atoms with Crippen molar-refractivity contribution in [2.75, 3.05) is 26.3 Å². The van der Waals surface area contributed by atoms with Gasteiger partial charge in [-0.2, -0.15) is 0 Å². The van der Waals surface area contributed by atoms with Gasteiger partial charge >= 0.3 is 0 Å². The van der Waals surface area contributed by atoms with Crippen LogP contribution in [0.4, 0.5) is 0 Å². The van der Waals surface area contributed by atoms with Crippen LogP contribution in [0.3, 0.4) is 0 Å². The van der Waals surface area contributed by atoms with E-state index in [1.54, 1.807) is 11.8 Å². The van der Waals surface area contributed by atoms with Crippen molar-refractivity contribution in [1.29, 1.82) is 0 Å². The fourth-order valence-corrected chi connectivity index (χ4v) is 3.02. The quantitative estimate of drug-likeness (QED) is 0.784. The molecule has 1 aromatic rings. The van der Waals surface area contributed by atoms with E-state index in [1.807, 2.05) is 18.2 Å². The minimum Gasteiger partial charge on any atom is -0.378 e. The maximum Gasteiger partial charge on any atom is 0.221 e. The number of rotatable bonds is 6. The molecule has 1 heterocycles. The lowest BCUT2D eigenvalue weighted by atomic mass is 10.2. The Morgan fingerprint density at radius 3 is 3.00 bits per heavy atom. The fourth-order valence-electron chi connectivity index (χ4n) is 2.08. The minimum atomic E-state index is 0.0912. The van der Waals surface area contributed by atoms with Crippen LogP contribution in [0.5, 0.6) is 0 Å². The second kappa shape index (κ2) is 8.29. The van der Waals surface area contributed by atoms with Gasteiger partial charge in [0.1, 0.15) is 0 Å². The summed E-state index contributed by atoms with van der Waals surface area (Å²) in [5.41, 5.74) is 0. The van der Waals surface area contributed by atoms with E-state index in [1.165, 1.54) is 4.90 Å². The highest BCUT2D eigenvalue weighted by Crippen LogP contribution is 2.21. The zero-order valence-electron chi connectivity index (χ0n) is 11.8. The number of hydrogen-bond donors (Lipinski definition) is 2. The first-order valence-electron chi connectivity index (χ1n) is 7.03. The van der Waals surface area contributed by atoms with Gasteiger partial charge in [-0.3, -0.25) is 4.79 Å². The van der Waals surface area contributed by atoms with Gasteiger partial charge in [-0.05, 0) is 12.1 Å². The third kappa shape index (κ3) is 5.53. The third-order valence-electron chi connectivity index (χ3n) is 3.10. The summed E-state index contributed by atoms with van der Waals surface area (Å²) >= 11 is 1.78. The summed E-state index contributed by atoms with van der Waals surface area (Å²) in [5.74, 6) is 0.0912. The highest BCUT2D eigenvalue weighted by atomic mass is 32.2. The first-order chi connectivity index (χ1) is 9.74. The molecule has 2 unspecified atom stereocenters. The van der Waals surface area contributed by atoms with Crippen molar-refractivity contribution in [3.63, 3.8) is 0 Å². The average Bonchev–Trinajstić information content (AvgIpc) is 2.47. The van der Waals surface area contributed by atoms with E-state index < -0.39 is 0 Å². The number of ether oxygens (including phenoxy) is 1. The van der Waals surface area contributed by atoms with Crippen molar-refractivity contribution >= 4 is 17.7 Å². The van der Waals surface area contributed by atoms with Gasteiger partial charge < -0.3 is 15.4 Å². The number of carbonyl (C=O) groups is 1. The fraction of sp³-hybridized carbons (Fsp3) is 0.533. The van der Waals surface area contributed by atoms with Crippen LogP contribution in [0.2, 0.25) is 0 Å². The average molecular weight is 294 g/mol. The van der Waals surface area contributed by atoms with E-state index >= 15 is 0 Å².